The molecule has 1 aromatic heterocycles. The van der Waals surface area contributed by atoms with Crippen molar-refractivity contribution in [3.05, 3.63) is 51.2 Å². The molecule has 5 nitrogen and oxygen atoms in total. The second-order valence-corrected chi connectivity index (χ2v) is 7.17. The average Bonchev–Trinajstić information content (AvgIpc) is 3.11. The summed E-state index contributed by atoms with van der Waals surface area (Å²) in [6, 6.07) is 7.29. The first-order valence-corrected chi connectivity index (χ1v) is 9.18. The van der Waals surface area contributed by atoms with E-state index in [9.17, 15) is 9.59 Å². The molecule has 2 aromatic rings. The summed E-state index contributed by atoms with van der Waals surface area (Å²) >= 11 is 7.56. The number of likely N-dealkylation sites (N-methyl/N-ethyl adjacent to an activating group) is 1. The summed E-state index contributed by atoms with van der Waals surface area (Å²) in [5, 5.41) is 4.54. The van der Waals surface area contributed by atoms with Crippen LogP contribution in [-0.4, -0.2) is 37.0 Å². The molecule has 0 aliphatic carbocycles. The van der Waals surface area contributed by atoms with Crippen LogP contribution in [-0.2, 0) is 27.3 Å². The van der Waals surface area contributed by atoms with E-state index in [1.54, 1.807) is 41.5 Å². The first kappa shape index (κ1) is 17.8. The van der Waals surface area contributed by atoms with E-state index in [1.807, 2.05) is 16.8 Å². The third-order valence-corrected chi connectivity index (χ3v) is 4.99. The van der Waals surface area contributed by atoms with Crippen molar-refractivity contribution in [2.24, 2.45) is 5.92 Å². The Morgan fingerprint density at radius 2 is 2.24 bits per heavy atom. The van der Waals surface area contributed by atoms with Crippen LogP contribution in [0.5, 0.6) is 5.75 Å². The van der Waals surface area contributed by atoms with Crippen LogP contribution in [0.1, 0.15) is 11.1 Å². The van der Waals surface area contributed by atoms with Gasteiger partial charge in [0.05, 0.1) is 5.92 Å². The summed E-state index contributed by atoms with van der Waals surface area (Å²) in [5.41, 5.74) is 1.93. The monoisotopic (exact) mass is 379 g/mol. The van der Waals surface area contributed by atoms with Gasteiger partial charge in [-0.25, -0.2) is 0 Å². The zero-order valence-corrected chi connectivity index (χ0v) is 15.3. The van der Waals surface area contributed by atoms with Crippen molar-refractivity contribution in [1.29, 1.82) is 0 Å². The Morgan fingerprint density at radius 3 is 3.00 bits per heavy atom. The first-order valence-electron chi connectivity index (χ1n) is 7.86. The predicted octanol–water partition coefficient (Wildman–Crippen LogP) is 3.15. The highest BCUT2D eigenvalue weighted by atomic mass is 35.5. The number of nitrogens with zero attached hydrogens (tertiary/aromatic N) is 1. The molecular weight excluding hydrogens is 362 g/mol. The SMILES string of the molecule is CN(Cc1ccsc1)C(=O)COC(=O)[C@@H]1COc2ccc(Cl)cc2C1. The van der Waals surface area contributed by atoms with Gasteiger partial charge in [0.15, 0.2) is 6.61 Å². The Bertz CT molecular complexity index is 762. The molecule has 0 saturated heterocycles. The molecule has 132 valence electrons. The molecule has 1 amide bonds. The van der Waals surface area contributed by atoms with Crippen molar-refractivity contribution in [1.82, 2.24) is 4.90 Å². The lowest BCUT2D eigenvalue weighted by Gasteiger charge is -2.24. The number of fused-ring (bicyclic) bond motifs is 1. The number of hydrogen-bond donors (Lipinski definition) is 0. The normalized spacial score (nSPS) is 15.8. The smallest absolute Gasteiger partial charge is 0.313 e. The molecule has 1 aromatic carbocycles. The van der Waals surface area contributed by atoms with Crippen molar-refractivity contribution in [2.45, 2.75) is 13.0 Å². The molecule has 3 rings (SSSR count). The van der Waals surface area contributed by atoms with Crippen molar-refractivity contribution < 1.29 is 19.1 Å². The van der Waals surface area contributed by atoms with E-state index < -0.39 is 11.9 Å². The van der Waals surface area contributed by atoms with Gasteiger partial charge in [-0.15, -0.1) is 0 Å². The number of carbonyl (C=O) groups excluding carboxylic acids is 2. The third-order valence-electron chi connectivity index (χ3n) is 4.03. The van der Waals surface area contributed by atoms with Gasteiger partial charge in [-0.1, -0.05) is 11.6 Å². The quantitative estimate of drug-likeness (QED) is 0.749. The molecule has 0 fully saturated rings. The van der Waals surface area contributed by atoms with Crippen LogP contribution in [0.15, 0.2) is 35.0 Å². The van der Waals surface area contributed by atoms with Crippen molar-refractivity contribution >= 4 is 34.8 Å². The Kier molecular flexibility index (Phi) is 5.60. The lowest BCUT2D eigenvalue weighted by molar-refractivity contribution is -0.156. The summed E-state index contributed by atoms with van der Waals surface area (Å²) in [6.45, 7) is 0.475. The van der Waals surface area contributed by atoms with E-state index in [-0.39, 0.29) is 19.1 Å². The van der Waals surface area contributed by atoms with Gasteiger partial charge in [0.1, 0.15) is 12.4 Å². The maximum Gasteiger partial charge on any atom is 0.313 e. The van der Waals surface area contributed by atoms with E-state index >= 15 is 0 Å². The maximum atomic E-state index is 12.2. The molecule has 2 heterocycles. The Hall–Kier alpha value is -2.05. The van der Waals surface area contributed by atoms with Gasteiger partial charge in [0, 0.05) is 18.6 Å². The Balaban J connectivity index is 1.50. The fraction of sp³-hybridized carbons (Fsp3) is 0.333. The third kappa shape index (κ3) is 4.52. The minimum absolute atomic E-state index is 0.236. The highest BCUT2D eigenvalue weighted by molar-refractivity contribution is 7.07. The minimum atomic E-state index is -0.430. The number of thiophene rings is 1. The van der Waals surface area contributed by atoms with Crippen molar-refractivity contribution in [3.63, 3.8) is 0 Å². The summed E-state index contributed by atoms with van der Waals surface area (Å²) in [7, 11) is 1.69. The second-order valence-electron chi connectivity index (χ2n) is 5.95. The highest BCUT2D eigenvalue weighted by Crippen LogP contribution is 2.30. The van der Waals surface area contributed by atoms with Gasteiger partial charge in [-0.3, -0.25) is 9.59 Å². The van der Waals surface area contributed by atoms with E-state index in [0.29, 0.717) is 18.0 Å². The van der Waals surface area contributed by atoms with Gasteiger partial charge in [0.25, 0.3) is 5.91 Å². The molecule has 1 aliphatic heterocycles. The van der Waals surface area contributed by atoms with E-state index in [0.717, 1.165) is 16.9 Å². The number of benzene rings is 1. The van der Waals surface area contributed by atoms with E-state index in [2.05, 4.69) is 0 Å². The average molecular weight is 380 g/mol. The minimum Gasteiger partial charge on any atom is -0.492 e. The number of hydrogen-bond acceptors (Lipinski definition) is 5. The Labute approximate surface area is 155 Å². The number of rotatable bonds is 5. The van der Waals surface area contributed by atoms with Gasteiger partial charge in [-0.05, 0) is 52.6 Å². The molecule has 0 radical (unpaired) electrons. The summed E-state index contributed by atoms with van der Waals surface area (Å²) in [6.07, 6.45) is 0.494. The fourth-order valence-corrected chi connectivity index (χ4v) is 3.47. The molecule has 0 spiro atoms. The van der Waals surface area contributed by atoms with E-state index in [4.69, 9.17) is 21.1 Å². The molecule has 25 heavy (non-hydrogen) atoms. The lowest BCUT2D eigenvalue weighted by Crippen LogP contribution is -2.34. The molecule has 7 heteroatoms. The number of esters is 1. The van der Waals surface area contributed by atoms with Gasteiger partial charge in [-0.2, -0.15) is 11.3 Å². The van der Waals surface area contributed by atoms with Crippen LogP contribution in [0.3, 0.4) is 0 Å². The molecule has 0 bridgehead atoms. The van der Waals surface area contributed by atoms with Gasteiger partial charge < -0.3 is 14.4 Å². The summed E-state index contributed by atoms with van der Waals surface area (Å²) < 4.78 is 10.8. The molecule has 0 unspecified atom stereocenters. The van der Waals surface area contributed by atoms with Crippen LogP contribution in [0, 0.1) is 5.92 Å². The largest absolute Gasteiger partial charge is 0.492 e. The Morgan fingerprint density at radius 1 is 1.40 bits per heavy atom. The maximum absolute atomic E-state index is 12.2. The number of halogens is 1. The molecule has 0 saturated carbocycles. The lowest BCUT2D eigenvalue weighted by atomic mass is 9.97. The van der Waals surface area contributed by atoms with Gasteiger partial charge in [0.2, 0.25) is 0 Å². The predicted molar refractivity (Wildman–Crippen MR) is 95.9 cm³/mol. The summed E-state index contributed by atoms with van der Waals surface area (Å²) in [4.78, 5) is 25.9. The molecule has 1 atom stereocenters. The fourth-order valence-electron chi connectivity index (χ4n) is 2.62. The number of ether oxygens (including phenoxy) is 2. The summed E-state index contributed by atoms with van der Waals surface area (Å²) in [5.74, 6) is -0.358. The second kappa shape index (κ2) is 7.89. The molecular formula is C18H18ClNO4S. The zero-order chi connectivity index (χ0) is 17.8. The van der Waals surface area contributed by atoms with Crippen LogP contribution < -0.4 is 4.74 Å². The molecule has 0 N–H and O–H groups in total. The van der Waals surface area contributed by atoms with Crippen LogP contribution >= 0.6 is 22.9 Å². The van der Waals surface area contributed by atoms with Crippen molar-refractivity contribution in [2.75, 3.05) is 20.3 Å². The standard InChI is InChI=1S/C18H18ClNO4S/c1-20(8-12-4-5-25-11-12)17(21)10-24-18(22)14-6-13-7-15(19)2-3-16(13)23-9-14/h2-5,7,11,14H,6,8-10H2,1H3/t14-/m0/s1. The van der Waals surface area contributed by atoms with Crippen molar-refractivity contribution in [3.8, 4) is 5.75 Å². The molecule has 1 aliphatic rings. The topological polar surface area (TPSA) is 55.8 Å². The number of carbonyl (C=O) groups is 2. The number of amides is 1. The van der Waals surface area contributed by atoms with Crippen LogP contribution in [0.25, 0.3) is 0 Å². The van der Waals surface area contributed by atoms with E-state index in [1.165, 1.54) is 0 Å². The van der Waals surface area contributed by atoms with Crippen LogP contribution in [0.4, 0.5) is 0 Å². The van der Waals surface area contributed by atoms with Gasteiger partial charge >= 0.3 is 5.97 Å². The van der Waals surface area contributed by atoms with Crippen LogP contribution in [0.2, 0.25) is 5.02 Å². The highest BCUT2D eigenvalue weighted by Gasteiger charge is 2.28. The zero-order valence-electron chi connectivity index (χ0n) is 13.7. The first-order chi connectivity index (χ1) is 12.0.